The summed E-state index contributed by atoms with van der Waals surface area (Å²) >= 11 is 0. The lowest BCUT2D eigenvalue weighted by Gasteiger charge is -2.09. The number of unbranched alkanes of at least 4 members (excludes halogenated alkanes) is 10. The van der Waals surface area contributed by atoms with E-state index in [0.29, 0.717) is 0 Å². The molecule has 1 aromatic heterocycles. The van der Waals surface area contributed by atoms with Crippen LogP contribution in [0.1, 0.15) is 90.9 Å². The van der Waals surface area contributed by atoms with Gasteiger partial charge in [-0.05, 0) is 60.9 Å². The maximum absolute atomic E-state index is 5.91. The SMILES string of the molecule is CCCCCCCCOc1ccc(-c2ccc(-c3ccc(OCCCCCCCC)cc3)nc2)cc1. The van der Waals surface area contributed by atoms with Crippen molar-refractivity contribution in [2.75, 3.05) is 13.2 Å². The maximum atomic E-state index is 5.91. The van der Waals surface area contributed by atoms with E-state index in [1.165, 1.54) is 64.2 Å². The van der Waals surface area contributed by atoms with Crippen molar-refractivity contribution in [2.24, 2.45) is 0 Å². The minimum atomic E-state index is 0.793. The average molecular weight is 488 g/mol. The van der Waals surface area contributed by atoms with Crippen LogP contribution in [0.5, 0.6) is 11.5 Å². The second-order valence-corrected chi connectivity index (χ2v) is 9.71. The fourth-order valence-corrected chi connectivity index (χ4v) is 4.35. The highest BCUT2D eigenvalue weighted by Gasteiger charge is 2.04. The van der Waals surface area contributed by atoms with Crippen LogP contribution in [0.3, 0.4) is 0 Å². The smallest absolute Gasteiger partial charge is 0.119 e. The van der Waals surface area contributed by atoms with Gasteiger partial charge in [-0.1, -0.05) is 96.3 Å². The van der Waals surface area contributed by atoms with Gasteiger partial charge in [0.05, 0.1) is 18.9 Å². The molecule has 0 aliphatic carbocycles. The lowest BCUT2D eigenvalue weighted by molar-refractivity contribution is 0.304. The first-order chi connectivity index (χ1) is 17.8. The summed E-state index contributed by atoms with van der Waals surface area (Å²) in [6, 6.07) is 20.9. The number of aromatic nitrogens is 1. The van der Waals surface area contributed by atoms with Gasteiger partial charge in [-0.25, -0.2) is 0 Å². The van der Waals surface area contributed by atoms with E-state index in [1.807, 2.05) is 18.3 Å². The molecule has 0 amide bonds. The van der Waals surface area contributed by atoms with Crippen molar-refractivity contribution in [1.82, 2.24) is 4.98 Å². The zero-order valence-electron chi connectivity index (χ0n) is 22.5. The Kier molecular flexibility index (Phi) is 13.0. The third-order valence-corrected chi connectivity index (χ3v) is 6.63. The van der Waals surface area contributed by atoms with Crippen LogP contribution >= 0.6 is 0 Å². The Bertz CT molecular complexity index is 868. The van der Waals surface area contributed by atoms with Gasteiger partial charge in [0.15, 0.2) is 0 Å². The van der Waals surface area contributed by atoms with E-state index in [9.17, 15) is 0 Å². The van der Waals surface area contributed by atoms with Crippen LogP contribution in [-0.2, 0) is 0 Å². The summed E-state index contributed by atoms with van der Waals surface area (Å²) in [4.78, 5) is 4.71. The summed E-state index contributed by atoms with van der Waals surface area (Å²) in [6.07, 6.45) is 17.3. The molecule has 0 N–H and O–H groups in total. The van der Waals surface area contributed by atoms with E-state index in [2.05, 4.69) is 62.4 Å². The third kappa shape index (κ3) is 10.0. The number of hydrogen-bond donors (Lipinski definition) is 0. The van der Waals surface area contributed by atoms with Crippen molar-refractivity contribution in [3.8, 4) is 33.9 Å². The van der Waals surface area contributed by atoms with E-state index in [4.69, 9.17) is 14.5 Å². The molecule has 1 heterocycles. The van der Waals surface area contributed by atoms with Gasteiger partial charge < -0.3 is 9.47 Å². The molecule has 2 aromatic carbocycles. The molecule has 0 fully saturated rings. The van der Waals surface area contributed by atoms with Crippen LogP contribution in [0.25, 0.3) is 22.4 Å². The summed E-state index contributed by atoms with van der Waals surface area (Å²) in [5, 5.41) is 0. The van der Waals surface area contributed by atoms with E-state index in [-0.39, 0.29) is 0 Å². The number of ether oxygens (including phenoxy) is 2. The van der Waals surface area contributed by atoms with Crippen molar-refractivity contribution in [3.63, 3.8) is 0 Å². The molecule has 0 atom stereocenters. The molecule has 3 rings (SSSR count). The first-order valence-electron chi connectivity index (χ1n) is 14.2. The van der Waals surface area contributed by atoms with Crippen LogP contribution in [0.2, 0.25) is 0 Å². The Labute approximate surface area is 219 Å². The van der Waals surface area contributed by atoms with Crippen molar-refractivity contribution in [1.29, 1.82) is 0 Å². The molecule has 194 valence electrons. The average Bonchev–Trinajstić information content (AvgIpc) is 2.93. The second-order valence-electron chi connectivity index (χ2n) is 9.71. The number of rotatable bonds is 18. The van der Waals surface area contributed by atoms with Crippen LogP contribution in [0.4, 0.5) is 0 Å². The molecule has 0 aliphatic rings. The number of nitrogens with zero attached hydrogens (tertiary/aromatic N) is 1. The normalized spacial score (nSPS) is 10.9. The number of pyridine rings is 1. The molecule has 0 aliphatic heterocycles. The molecule has 3 aromatic rings. The minimum absolute atomic E-state index is 0.793. The molecule has 3 nitrogen and oxygen atoms in total. The minimum Gasteiger partial charge on any atom is -0.494 e. The fraction of sp³-hybridized carbons (Fsp3) is 0.485. The summed E-state index contributed by atoms with van der Waals surface area (Å²) in [5.41, 5.74) is 4.34. The predicted molar refractivity (Wildman–Crippen MR) is 153 cm³/mol. The largest absolute Gasteiger partial charge is 0.494 e. The van der Waals surface area contributed by atoms with Crippen molar-refractivity contribution >= 4 is 0 Å². The van der Waals surface area contributed by atoms with Gasteiger partial charge in [0.25, 0.3) is 0 Å². The molecule has 3 heteroatoms. The third-order valence-electron chi connectivity index (χ3n) is 6.63. The number of benzene rings is 2. The Morgan fingerprint density at radius 2 is 0.917 bits per heavy atom. The quantitative estimate of drug-likeness (QED) is 0.167. The molecular weight excluding hydrogens is 442 g/mol. The van der Waals surface area contributed by atoms with E-state index < -0.39 is 0 Å². The zero-order valence-corrected chi connectivity index (χ0v) is 22.5. The second kappa shape index (κ2) is 16.8. The topological polar surface area (TPSA) is 31.4 Å². The van der Waals surface area contributed by atoms with Crippen LogP contribution < -0.4 is 9.47 Å². The summed E-state index contributed by atoms with van der Waals surface area (Å²) in [6.45, 7) is 6.10. The van der Waals surface area contributed by atoms with Gasteiger partial charge in [-0.15, -0.1) is 0 Å². The highest BCUT2D eigenvalue weighted by atomic mass is 16.5. The van der Waals surface area contributed by atoms with E-state index >= 15 is 0 Å². The van der Waals surface area contributed by atoms with Crippen molar-refractivity contribution < 1.29 is 9.47 Å². The molecule has 0 unspecified atom stereocenters. The highest BCUT2D eigenvalue weighted by molar-refractivity contribution is 5.67. The van der Waals surface area contributed by atoms with Gasteiger partial charge in [-0.2, -0.15) is 0 Å². The Morgan fingerprint density at radius 1 is 0.472 bits per heavy atom. The van der Waals surface area contributed by atoms with Crippen molar-refractivity contribution in [2.45, 2.75) is 90.9 Å². The lowest BCUT2D eigenvalue weighted by Crippen LogP contribution is -1.97. The standard InChI is InChI=1S/C33H45NO2/c1-3-5-7-9-11-13-25-35-31-20-15-28(16-21-31)30-19-24-33(34-27-30)29-17-22-32(23-18-29)36-26-14-12-10-8-6-4-2/h15-24,27H,3-14,25-26H2,1-2H3. The summed E-state index contributed by atoms with van der Waals surface area (Å²) < 4.78 is 11.8. The predicted octanol–water partition coefficient (Wildman–Crippen LogP) is 9.89. The first kappa shape index (κ1) is 27.8. The zero-order chi connectivity index (χ0) is 25.3. The van der Waals surface area contributed by atoms with Gasteiger partial charge >= 0.3 is 0 Å². The summed E-state index contributed by atoms with van der Waals surface area (Å²) in [7, 11) is 0. The molecule has 0 spiro atoms. The monoisotopic (exact) mass is 487 g/mol. The van der Waals surface area contributed by atoms with Crippen LogP contribution in [-0.4, -0.2) is 18.2 Å². The van der Waals surface area contributed by atoms with Gasteiger partial charge in [0.1, 0.15) is 11.5 Å². The van der Waals surface area contributed by atoms with Gasteiger partial charge in [0.2, 0.25) is 0 Å². The molecule has 0 radical (unpaired) electrons. The van der Waals surface area contributed by atoms with Gasteiger partial charge in [-0.3, -0.25) is 4.98 Å². The van der Waals surface area contributed by atoms with Crippen LogP contribution in [0.15, 0.2) is 66.9 Å². The van der Waals surface area contributed by atoms with E-state index in [1.54, 1.807) is 0 Å². The van der Waals surface area contributed by atoms with Crippen molar-refractivity contribution in [3.05, 3.63) is 66.9 Å². The highest BCUT2D eigenvalue weighted by Crippen LogP contribution is 2.26. The Balaban J connectivity index is 1.41. The maximum Gasteiger partial charge on any atom is 0.119 e. The molecule has 36 heavy (non-hydrogen) atoms. The summed E-state index contributed by atoms with van der Waals surface area (Å²) in [5.74, 6) is 1.87. The fourth-order valence-electron chi connectivity index (χ4n) is 4.35. The molecular formula is C33H45NO2. The molecule has 0 bridgehead atoms. The number of hydrogen-bond acceptors (Lipinski definition) is 3. The molecule has 0 saturated heterocycles. The van der Waals surface area contributed by atoms with Crippen LogP contribution in [0, 0.1) is 0 Å². The molecule has 0 saturated carbocycles. The Morgan fingerprint density at radius 3 is 1.39 bits per heavy atom. The lowest BCUT2D eigenvalue weighted by atomic mass is 10.1. The Hall–Kier alpha value is -2.81. The van der Waals surface area contributed by atoms with Gasteiger partial charge in [0, 0.05) is 17.3 Å². The van der Waals surface area contributed by atoms with E-state index in [0.717, 1.165) is 59.9 Å². The first-order valence-corrected chi connectivity index (χ1v) is 14.2.